The quantitative estimate of drug-likeness (QED) is 0.794. The Morgan fingerprint density at radius 2 is 2.05 bits per heavy atom. The number of hydrogen-bond acceptors (Lipinski definition) is 3. The van der Waals surface area contributed by atoms with Crippen LogP contribution in [0.4, 0.5) is 0 Å². The highest BCUT2D eigenvalue weighted by molar-refractivity contribution is 6.01. The van der Waals surface area contributed by atoms with E-state index in [0.717, 1.165) is 23.2 Å². The van der Waals surface area contributed by atoms with Crippen LogP contribution in [-0.2, 0) is 4.74 Å². The van der Waals surface area contributed by atoms with Crippen molar-refractivity contribution < 1.29 is 9.53 Å². The summed E-state index contributed by atoms with van der Waals surface area (Å²) in [6.07, 6.45) is 0.194. The fourth-order valence-electron chi connectivity index (χ4n) is 2.85. The zero-order valence-corrected chi connectivity index (χ0v) is 13.1. The van der Waals surface area contributed by atoms with Gasteiger partial charge in [-0.1, -0.05) is 17.7 Å². The Labute approximate surface area is 121 Å². The van der Waals surface area contributed by atoms with Crippen molar-refractivity contribution >= 4 is 5.78 Å². The molecule has 110 valence electrons. The van der Waals surface area contributed by atoms with Crippen LogP contribution in [0.15, 0.2) is 18.2 Å². The lowest BCUT2D eigenvalue weighted by Crippen LogP contribution is -2.53. The molecule has 1 aromatic rings. The van der Waals surface area contributed by atoms with E-state index in [4.69, 9.17) is 4.74 Å². The van der Waals surface area contributed by atoms with E-state index in [9.17, 15) is 4.79 Å². The maximum Gasteiger partial charge on any atom is 0.179 e. The van der Waals surface area contributed by atoms with Gasteiger partial charge < -0.3 is 4.74 Å². The van der Waals surface area contributed by atoms with E-state index in [1.165, 1.54) is 0 Å². The van der Waals surface area contributed by atoms with Crippen molar-refractivity contribution in [1.29, 1.82) is 0 Å². The van der Waals surface area contributed by atoms with Gasteiger partial charge in [0.05, 0.1) is 18.8 Å². The molecule has 0 amide bonds. The van der Waals surface area contributed by atoms with Crippen molar-refractivity contribution in [2.24, 2.45) is 0 Å². The Balaban J connectivity index is 2.21. The SMILES string of the molecule is Cc1ccc(C)c(C(=O)C(C)N2CC(C)OCC2C)c1. The minimum atomic E-state index is -0.100. The first-order chi connectivity index (χ1) is 9.40. The van der Waals surface area contributed by atoms with Crippen LogP contribution in [0.3, 0.4) is 0 Å². The third-order valence-corrected chi connectivity index (χ3v) is 4.19. The van der Waals surface area contributed by atoms with Crippen LogP contribution in [0, 0.1) is 13.8 Å². The Bertz CT molecular complexity index is 498. The predicted octanol–water partition coefficient (Wildman–Crippen LogP) is 2.98. The second-order valence-corrected chi connectivity index (χ2v) is 6.05. The molecular formula is C17H25NO2. The van der Waals surface area contributed by atoms with Crippen molar-refractivity contribution in [1.82, 2.24) is 4.90 Å². The number of ketones is 1. The summed E-state index contributed by atoms with van der Waals surface area (Å²) in [4.78, 5) is 15.0. The third kappa shape index (κ3) is 3.10. The predicted molar refractivity (Wildman–Crippen MR) is 81.3 cm³/mol. The molecule has 2 rings (SSSR count). The van der Waals surface area contributed by atoms with Crippen LogP contribution >= 0.6 is 0 Å². The summed E-state index contributed by atoms with van der Waals surface area (Å²) in [6, 6.07) is 6.27. The highest BCUT2D eigenvalue weighted by Gasteiger charge is 2.31. The van der Waals surface area contributed by atoms with Gasteiger partial charge in [-0.3, -0.25) is 9.69 Å². The first-order valence-electron chi connectivity index (χ1n) is 7.39. The van der Waals surface area contributed by atoms with E-state index in [1.54, 1.807) is 0 Å². The number of rotatable bonds is 3. The van der Waals surface area contributed by atoms with Crippen molar-refractivity contribution in [2.75, 3.05) is 13.2 Å². The largest absolute Gasteiger partial charge is 0.376 e. The van der Waals surface area contributed by atoms with Gasteiger partial charge in [-0.2, -0.15) is 0 Å². The van der Waals surface area contributed by atoms with E-state index in [1.807, 2.05) is 32.9 Å². The van der Waals surface area contributed by atoms with E-state index >= 15 is 0 Å². The first-order valence-corrected chi connectivity index (χ1v) is 7.39. The van der Waals surface area contributed by atoms with Crippen molar-refractivity contribution in [3.63, 3.8) is 0 Å². The number of nitrogens with zero attached hydrogens (tertiary/aromatic N) is 1. The summed E-state index contributed by atoms with van der Waals surface area (Å²) < 4.78 is 5.65. The minimum Gasteiger partial charge on any atom is -0.376 e. The molecule has 1 heterocycles. The summed E-state index contributed by atoms with van der Waals surface area (Å²) in [5.74, 6) is 0.215. The van der Waals surface area contributed by atoms with Crippen molar-refractivity contribution in [2.45, 2.75) is 52.8 Å². The molecule has 1 saturated heterocycles. The molecule has 1 aromatic carbocycles. The summed E-state index contributed by atoms with van der Waals surface area (Å²) >= 11 is 0. The van der Waals surface area contributed by atoms with Gasteiger partial charge in [-0.15, -0.1) is 0 Å². The van der Waals surface area contributed by atoms with Crippen LogP contribution < -0.4 is 0 Å². The summed E-state index contributed by atoms with van der Waals surface area (Å²) in [5.41, 5.74) is 3.04. The fourth-order valence-corrected chi connectivity index (χ4v) is 2.85. The zero-order valence-electron chi connectivity index (χ0n) is 13.1. The van der Waals surface area contributed by atoms with Crippen molar-refractivity contribution in [3.05, 3.63) is 34.9 Å². The number of benzene rings is 1. The lowest BCUT2D eigenvalue weighted by molar-refractivity contribution is -0.0585. The second kappa shape index (κ2) is 6.06. The Morgan fingerprint density at radius 1 is 1.35 bits per heavy atom. The molecule has 1 fully saturated rings. The standard InChI is InChI=1S/C17H25NO2/c1-11-6-7-12(2)16(8-11)17(19)15(5)18-9-14(4)20-10-13(18)3/h6-8,13-15H,9-10H2,1-5H3. The van der Waals surface area contributed by atoms with E-state index < -0.39 is 0 Å². The average molecular weight is 275 g/mol. The molecule has 0 aliphatic carbocycles. The highest BCUT2D eigenvalue weighted by atomic mass is 16.5. The van der Waals surface area contributed by atoms with Gasteiger partial charge >= 0.3 is 0 Å². The van der Waals surface area contributed by atoms with Gasteiger partial charge in [-0.05, 0) is 46.2 Å². The van der Waals surface area contributed by atoms with Gasteiger partial charge in [0.1, 0.15) is 0 Å². The normalized spacial score (nSPS) is 25.4. The molecule has 0 radical (unpaired) electrons. The molecule has 0 aromatic heterocycles. The molecule has 3 nitrogen and oxygen atoms in total. The number of ether oxygens (including phenoxy) is 1. The number of carbonyl (C=O) groups is 1. The lowest BCUT2D eigenvalue weighted by Gasteiger charge is -2.40. The zero-order chi connectivity index (χ0) is 14.9. The van der Waals surface area contributed by atoms with Crippen LogP contribution in [0.2, 0.25) is 0 Å². The highest BCUT2D eigenvalue weighted by Crippen LogP contribution is 2.20. The number of morpholine rings is 1. The smallest absolute Gasteiger partial charge is 0.179 e. The van der Waals surface area contributed by atoms with Gasteiger partial charge in [0.2, 0.25) is 0 Å². The number of aryl methyl sites for hydroxylation is 2. The molecule has 3 atom stereocenters. The number of Topliss-reactive ketones (excluding diaryl/α,β-unsaturated/α-hetero) is 1. The summed E-state index contributed by atoms with van der Waals surface area (Å²) in [5, 5.41) is 0. The average Bonchev–Trinajstić information content (AvgIpc) is 2.42. The molecule has 1 aliphatic rings. The summed E-state index contributed by atoms with van der Waals surface area (Å²) in [6.45, 7) is 11.8. The molecule has 3 heteroatoms. The van der Waals surface area contributed by atoms with Crippen molar-refractivity contribution in [3.8, 4) is 0 Å². The van der Waals surface area contributed by atoms with Gasteiger partial charge in [0, 0.05) is 18.2 Å². The topological polar surface area (TPSA) is 29.5 Å². The molecule has 0 N–H and O–H groups in total. The molecule has 3 unspecified atom stereocenters. The maximum absolute atomic E-state index is 12.8. The summed E-state index contributed by atoms with van der Waals surface area (Å²) in [7, 11) is 0. The fraction of sp³-hybridized carbons (Fsp3) is 0.588. The van der Waals surface area contributed by atoms with Crippen LogP contribution in [0.1, 0.15) is 42.3 Å². The Morgan fingerprint density at radius 3 is 2.75 bits per heavy atom. The Kier molecular flexibility index (Phi) is 4.61. The number of carbonyl (C=O) groups excluding carboxylic acids is 1. The molecule has 0 bridgehead atoms. The van der Waals surface area contributed by atoms with E-state index in [0.29, 0.717) is 6.61 Å². The minimum absolute atomic E-state index is 0.100. The number of hydrogen-bond donors (Lipinski definition) is 0. The molecule has 1 aliphatic heterocycles. The second-order valence-electron chi connectivity index (χ2n) is 6.05. The third-order valence-electron chi connectivity index (χ3n) is 4.19. The van der Waals surface area contributed by atoms with Crippen LogP contribution in [0.25, 0.3) is 0 Å². The maximum atomic E-state index is 12.8. The molecule has 0 saturated carbocycles. The van der Waals surface area contributed by atoms with Crippen LogP contribution in [-0.4, -0.2) is 42.0 Å². The molecule has 0 spiro atoms. The van der Waals surface area contributed by atoms with Gasteiger partial charge in [0.25, 0.3) is 0 Å². The monoisotopic (exact) mass is 275 g/mol. The molecule has 20 heavy (non-hydrogen) atoms. The lowest BCUT2D eigenvalue weighted by atomic mass is 9.96. The van der Waals surface area contributed by atoms with Gasteiger partial charge in [0.15, 0.2) is 5.78 Å². The van der Waals surface area contributed by atoms with Crippen LogP contribution in [0.5, 0.6) is 0 Å². The van der Waals surface area contributed by atoms with E-state index in [2.05, 4.69) is 24.8 Å². The molecular weight excluding hydrogens is 250 g/mol. The first kappa shape index (κ1) is 15.2. The van der Waals surface area contributed by atoms with E-state index in [-0.39, 0.29) is 24.0 Å². The van der Waals surface area contributed by atoms with Gasteiger partial charge in [-0.25, -0.2) is 0 Å². The Hall–Kier alpha value is -1.19.